The van der Waals surface area contributed by atoms with E-state index in [4.69, 9.17) is 5.73 Å². The van der Waals surface area contributed by atoms with E-state index >= 15 is 0 Å². The van der Waals surface area contributed by atoms with E-state index in [1.807, 2.05) is 32.0 Å². The minimum atomic E-state index is -0.534. The van der Waals surface area contributed by atoms with Crippen LogP contribution in [0.25, 0.3) is 10.9 Å². The van der Waals surface area contributed by atoms with Crippen LogP contribution in [0, 0.1) is 0 Å². The third-order valence-corrected chi connectivity index (χ3v) is 3.89. The largest absolute Gasteiger partial charge is 0.364 e. The number of nitrogens with one attached hydrogen (secondary N) is 1. The predicted molar refractivity (Wildman–Crippen MR) is 85.6 cm³/mol. The number of hydrogen-bond donors (Lipinski definition) is 2. The van der Waals surface area contributed by atoms with Gasteiger partial charge in [-0.1, -0.05) is 26.0 Å². The molecule has 1 atom stereocenters. The van der Waals surface area contributed by atoms with E-state index in [1.165, 1.54) is 0 Å². The molecule has 1 aromatic heterocycles. The molecular formula is C16H22N4O2. The Balaban J connectivity index is 0.000000847. The number of benzene rings is 1. The van der Waals surface area contributed by atoms with Crippen molar-refractivity contribution in [2.24, 2.45) is 5.73 Å². The Morgan fingerprint density at radius 3 is 2.91 bits per heavy atom. The third kappa shape index (κ3) is 3.10. The van der Waals surface area contributed by atoms with Crippen LogP contribution in [-0.4, -0.2) is 40.5 Å². The molecule has 1 aliphatic heterocycles. The lowest BCUT2D eigenvalue weighted by molar-refractivity contribution is -0.119. The molecule has 0 radical (unpaired) electrons. The lowest BCUT2D eigenvalue weighted by Gasteiger charge is -2.30. The number of hydrogen-bond acceptors (Lipinski definition) is 3. The van der Waals surface area contributed by atoms with Crippen LogP contribution in [-0.2, 0) is 4.79 Å². The zero-order chi connectivity index (χ0) is 16.1. The van der Waals surface area contributed by atoms with Gasteiger partial charge in [-0.25, -0.2) is 0 Å². The summed E-state index contributed by atoms with van der Waals surface area (Å²) in [4.78, 5) is 23.9. The fourth-order valence-corrected chi connectivity index (χ4v) is 2.85. The van der Waals surface area contributed by atoms with E-state index < -0.39 is 5.91 Å². The summed E-state index contributed by atoms with van der Waals surface area (Å²) in [6, 6.07) is 5.85. The summed E-state index contributed by atoms with van der Waals surface area (Å²) < 4.78 is 0. The van der Waals surface area contributed by atoms with Crippen molar-refractivity contribution >= 4 is 23.2 Å². The van der Waals surface area contributed by atoms with Gasteiger partial charge in [0.25, 0.3) is 5.91 Å². The normalized spacial score (nSPS) is 17.7. The number of aromatic nitrogens is 2. The average Bonchev–Trinajstić information content (AvgIpc) is 3.00. The zero-order valence-electron chi connectivity index (χ0n) is 13.0. The number of fused-ring (bicyclic) bond motifs is 1. The maximum atomic E-state index is 11.2. The van der Waals surface area contributed by atoms with Gasteiger partial charge in [0.2, 0.25) is 6.41 Å². The molecule has 6 nitrogen and oxygen atoms in total. The smallest absolute Gasteiger partial charge is 0.269 e. The first kappa shape index (κ1) is 16.0. The Morgan fingerprint density at radius 2 is 2.23 bits per heavy atom. The van der Waals surface area contributed by atoms with Gasteiger partial charge in [0, 0.05) is 24.4 Å². The van der Waals surface area contributed by atoms with Crippen LogP contribution in [0.2, 0.25) is 0 Å². The molecule has 1 saturated heterocycles. The van der Waals surface area contributed by atoms with Crippen LogP contribution in [0.5, 0.6) is 0 Å². The SMILES string of the molecule is CC.NC(=O)c1n[nH]c2cc(C3CCCN(C=O)C3)ccc12. The number of likely N-dealkylation sites (tertiary alicyclic amines) is 1. The van der Waals surface area contributed by atoms with E-state index in [2.05, 4.69) is 10.2 Å². The number of H-pyrrole nitrogens is 1. The molecule has 1 aromatic carbocycles. The van der Waals surface area contributed by atoms with Gasteiger partial charge in [-0.05, 0) is 24.5 Å². The minimum Gasteiger partial charge on any atom is -0.364 e. The first-order valence-electron chi connectivity index (χ1n) is 7.66. The number of rotatable bonds is 3. The highest BCUT2D eigenvalue weighted by molar-refractivity contribution is 6.03. The maximum absolute atomic E-state index is 11.2. The Bertz CT molecular complexity index is 665. The van der Waals surface area contributed by atoms with Crippen LogP contribution >= 0.6 is 0 Å². The Kier molecular flexibility index (Phi) is 5.14. The molecule has 3 N–H and O–H groups in total. The van der Waals surface area contributed by atoms with Crippen molar-refractivity contribution in [2.75, 3.05) is 13.1 Å². The molecule has 3 rings (SSSR count). The highest BCUT2D eigenvalue weighted by Gasteiger charge is 2.21. The monoisotopic (exact) mass is 302 g/mol. The van der Waals surface area contributed by atoms with Crippen molar-refractivity contribution in [1.82, 2.24) is 15.1 Å². The standard InChI is InChI=1S/C14H16N4O2.C2H6/c15-14(20)13-11-4-3-9(6-12(11)16-17-13)10-2-1-5-18(7-10)8-19;1-2/h3-4,6,8,10H,1-2,5,7H2,(H2,15,20)(H,16,17);1-2H3. The Morgan fingerprint density at radius 1 is 1.45 bits per heavy atom. The molecule has 0 aliphatic carbocycles. The number of piperidine rings is 1. The molecule has 0 bridgehead atoms. The molecule has 1 unspecified atom stereocenters. The number of carbonyl (C=O) groups is 2. The quantitative estimate of drug-likeness (QED) is 0.850. The second kappa shape index (κ2) is 7.06. The van der Waals surface area contributed by atoms with E-state index in [-0.39, 0.29) is 5.69 Å². The van der Waals surface area contributed by atoms with Crippen molar-refractivity contribution in [2.45, 2.75) is 32.6 Å². The topological polar surface area (TPSA) is 92.1 Å². The second-order valence-corrected chi connectivity index (χ2v) is 5.18. The Hall–Kier alpha value is -2.37. The first-order valence-corrected chi connectivity index (χ1v) is 7.66. The summed E-state index contributed by atoms with van der Waals surface area (Å²) in [5.41, 5.74) is 7.50. The van der Waals surface area contributed by atoms with Crippen LogP contribution in [0.1, 0.15) is 48.7 Å². The lowest BCUT2D eigenvalue weighted by Crippen LogP contribution is -2.33. The van der Waals surface area contributed by atoms with Gasteiger partial charge in [0.05, 0.1) is 5.52 Å². The summed E-state index contributed by atoms with van der Waals surface area (Å²) in [6.45, 7) is 5.57. The van der Waals surface area contributed by atoms with Crippen LogP contribution in [0.4, 0.5) is 0 Å². The summed E-state index contributed by atoms with van der Waals surface area (Å²) in [5.74, 6) is -0.201. The van der Waals surface area contributed by atoms with Crippen LogP contribution in [0.3, 0.4) is 0 Å². The molecule has 1 fully saturated rings. The fourth-order valence-electron chi connectivity index (χ4n) is 2.85. The van der Waals surface area contributed by atoms with E-state index in [0.29, 0.717) is 5.92 Å². The van der Waals surface area contributed by atoms with Gasteiger partial charge in [-0.3, -0.25) is 14.7 Å². The number of amides is 2. The van der Waals surface area contributed by atoms with Crippen LogP contribution in [0.15, 0.2) is 18.2 Å². The molecular weight excluding hydrogens is 280 g/mol. The Labute approximate surface area is 129 Å². The summed E-state index contributed by atoms with van der Waals surface area (Å²) in [5, 5.41) is 7.53. The maximum Gasteiger partial charge on any atom is 0.269 e. The van der Waals surface area contributed by atoms with Gasteiger partial charge in [-0.2, -0.15) is 5.10 Å². The molecule has 2 aromatic rings. The molecule has 2 amide bonds. The number of carbonyl (C=O) groups excluding carboxylic acids is 2. The average molecular weight is 302 g/mol. The van der Waals surface area contributed by atoms with E-state index in [1.54, 1.807) is 4.90 Å². The zero-order valence-corrected chi connectivity index (χ0v) is 13.0. The molecule has 0 spiro atoms. The summed E-state index contributed by atoms with van der Waals surface area (Å²) in [7, 11) is 0. The van der Waals surface area contributed by atoms with Crippen molar-refractivity contribution in [3.63, 3.8) is 0 Å². The molecule has 0 saturated carbocycles. The highest BCUT2D eigenvalue weighted by atomic mass is 16.1. The summed E-state index contributed by atoms with van der Waals surface area (Å²) >= 11 is 0. The van der Waals surface area contributed by atoms with Gasteiger partial charge in [0.1, 0.15) is 0 Å². The molecule has 1 aliphatic rings. The van der Waals surface area contributed by atoms with Crippen molar-refractivity contribution in [1.29, 1.82) is 0 Å². The van der Waals surface area contributed by atoms with Gasteiger partial charge in [-0.15, -0.1) is 0 Å². The number of nitrogens with zero attached hydrogens (tertiary/aromatic N) is 2. The number of aromatic amines is 1. The lowest BCUT2D eigenvalue weighted by atomic mass is 9.90. The predicted octanol–water partition coefficient (Wildman–Crippen LogP) is 2.02. The van der Waals surface area contributed by atoms with Crippen molar-refractivity contribution < 1.29 is 9.59 Å². The fraction of sp³-hybridized carbons (Fsp3) is 0.438. The molecule has 2 heterocycles. The number of primary amides is 1. The first-order chi connectivity index (χ1) is 10.7. The van der Waals surface area contributed by atoms with Gasteiger partial charge < -0.3 is 10.6 Å². The minimum absolute atomic E-state index is 0.268. The highest BCUT2D eigenvalue weighted by Crippen LogP contribution is 2.28. The van der Waals surface area contributed by atoms with Crippen LogP contribution < -0.4 is 5.73 Å². The third-order valence-electron chi connectivity index (χ3n) is 3.89. The number of nitrogens with two attached hydrogens (primary N) is 1. The molecule has 118 valence electrons. The van der Waals surface area contributed by atoms with E-state index in [9.17, 15) is 9.59 Å². The van der Waals surface area contributed by atoms with Gasteiger partial charge in [0.15, 0.2) is 5.69 Å². The van der Waals surface area contributed by atoms with E-state index in [0.717, 1.165) is 48.8 Å². The summed E-state index contributed by atoms with van der Waals surface area (Å²) in [6.07, 6.45) is 2.98. The van der Waals surface area contributed by atoms with Gasteiger partial charge >= 0.3 is 0 Å². The second-order valence-electron chi connectivity index (χ2n) is 5.18. The molecule has 6 heteroatoms. The molecule has 22 heavy (non-hydrogen) atoms. The van der Waals surface area contributed by atoms with Crippen molar-refractivity contribution in [3.05, 3.63) is 29.5 Å². The van der Waals surface area contributed by atoms with Crippen molar-refractivity contribution in [3.8, 4) is 0 Å².